The van der Waals surface area contributed by atoms with E-state index in [-0.39, 0.29) is 5.75 Å². The van der Waals surface area contributed by atoms with Crippen LogP contribution in [0.1, 0.15) is 26.3 Å². The Kier molecular flexibility index (Phi) is 7.30. The number of ether oxygens (including phenoxy) is 2. The average Bonchev–Trinajstić information content (AvgIpc) is 2.37. The largest absolute Gasteiger partial charge is 0.504 e. The van der Waals surface area contributed by atoms with Crippen molar-refractivity contribution in [1.29, 1.82) is 0 Å². The maximum atomic E-state index is 9.59. The highest BCUT2D eigenvalue weighted by Gasteiger charge is 2.03. The van der Waals surface area contributed by atoms with Crippen molar-refractivity contribution in [2.24, 2.45) is 5.92 Å². The Morgan fingerprint density at radius 3 is 2.79 bits per heavy atom. The standard InChI is InChI=1S/C15H25NO3/c1-4-19-15-9-13(5-6-14(15)17)10-16-7-8-18-11-12(2)3/h5-6,9,12,16-17H,4,7-8,10-11H2,1-3H3. The molecule has 4 heteroatoms. The zero-order valence-electron chi connectivity index (χ0n) is 12.1. The third kappa shape index (κ3) is 6.45. The molecule has 0 heterocycles. The van der Waals surface area contributed by atoms with Crippen molar-refractivity contribution in [1.82, 2.24) is 5.32 Å². The van der Waals surface area contributed by atoms with Crippen LogP contribution in [-0.4, -0.2) is 31.5 Å². The van der Waals surface area contributed by atoms with Crippen molar-refractivity contribution in [3.8, 4) is 11.5 Å². The van der Waals surface area contributed by atoms with Crippen LogP contribution in [0.2, 0.25) is 0 Å². The molecule has 0 saturated heterocycles. The first-order valence-corrected chi connectivity index (χ1v) is 6.86. The number of aromatic hydroxyl groups is 1. The van der Waals surface area contributed by atoms with Gasteiger partial charge in [-0.25, -0.2) is 0 Å². The molecule has 0 unspecified atom stereocenters. The number of nitrogens with one attached hydrogen (secondary N) is 1. The predicted molar refractivity (Wildman–Crippen MR) is 76.6 cm³/mol. The van der Waals surface area contributed by atoms with Crippen LogP contribution in [0.5, 0.6) is 11.5 Å². The molecule has 1 aromatic rings. The van der Waals surface area contributed by atoms with Gasteiger partial charge in [-0.15, -0.1) is 0 Å². The number of rotatable bonds is 9. The summed E-state index contributed by atoms with van der Waals surface area (Å²) in [5.41, 5.74) is 1.09. The Labute approximate surface area is 115 Å². The Morgan fingerprint density at radius 2 is 2.11 bits per heavy atom. The molecule has 0 fully saturated rings. The number of hydrogen-bond donors (Lipinski definition) is 2. The molecular weight excluding hydrogens is 242 g/mol. The molecule has 0 amide bonds. The number of phenolic OH excluding ortho intramolecular Hbond substituents is 1. The molecule has 4 nitrogen and oxygen atoms in total. The highest BCUT2D eigenvalue weighted by atomic mass is 16.5. The monoisotopic (exact) mass is 267 g/mol. The first-order chi connectivity index (χ1) is 9.13. The van der Waals surface area contributed by atoms with Crippen LogP contribution in [0.15, 0.2) is 18.2 Å². The van der Waals surface area contributed by atoms with E-state index < -0.39 is 0 Å². The lowest BCUT2D eigenvalue weighted by molar-refractivity contribution is 0.111. The van der Waals surface area contributed by atoms with E-state index in [9.17, 15) is 5.11 Å². The van der Waals surface area contributed by atoms with Crippen molar-refractivity contribution in [3.05, 3.63) is 23.8 Å². The van der Waals surface area contributed by atoms with Crippen LogP contribution in [0.3, 0.4) is 0 Å². The molecule has 19 heavy (non-hydrogen) atoms. The number of benzene rings is 1. The van der Waals surface area contributed by atoms with Crippen molar-refractivity contribution in [2.45, 2.75) is 27.3 Å². The van der Waals surface area contributed by atoms with Crippen LogP contribution in [0.25, 0.3) is 0 Å². The quantitative estimate of drug-likeness (QED) is 0.675. The van der Waals surface area contributed by atoms with Gasteiger partial charge in [-0.2, -0.15) is 0 Å². The summed E-state index contributed by atoms with van der Waals surface area (Å²) in [6, 6.07) is 5.41. The molecule has 0 saturated carbocycles. The molecule has 108 valence electrons. The van der Waals surface area contributed by atoms with E-state index in [2.05, 4.69) is 19.2 Å². The molecule has 0 spiro atoms. The summed E-state index contributed by atoms with van der Waals surface area (Å²) in [6.07, 6.45) is 0. The molecule has 0 aliphatic rings. The Morgan fingerprint density at radius 1 is 1.32 bits per heavy atom. The maximum absolute atomic E-state index is 9.59. The second kappa shape index (κ2) is 8.77. The summed E-state index contributed by atoms with van der Waals surface area (Å²) in [4.78, 5) is 0. The summed E-state index contributed by atoms with van der Waals surface area (Å²) in [5, 5.41) is 12.9. The van der Waals surface area contributed by atoms with Gasteiger partial charge in [0.25, 0.3) is 0 Å². The van der Waals surface area contributed by atoms with Crippen LogP contribution in [-0.2, 0) is 11.3 Å². The highest BCUT2D eigenvalue weighted by Crippen LogP contribution is 2.26. The number of hydrogen-bond acceptors (Lipinski definition) is 4. The molecule has 0 aromatic heterocycles. The van der Waals surface area contributed by atoms with Gasteiger partial charge in [0.05, 0.1) is 13.2 Å². The molecular formula is C15H25NO3. The summed E-state index contributed by atoms with van der Waals surface area (Å²) in [6.45, 7) is 9.80. The lowest BCUT2D eigenvalue weighted by Gasteiger charge is -2.10. The minimum absolute atomic E-state index is 0.186. The Hall–Kier alpha value is -1.26. The first kappa shape index (κ1) is 15.8. The van der Waals surface area contributed by atoms with Gasteiger partial charge in [0.15, 0.2) is 11.5 Å². The highest BCUT2D eigenvalue weighted by molar-refractivity contribution is 5.41. The third-order valence-corrected chi connectivity index (χ3v) is 2.53. The molecule has 2 N–H and O–H groups in total. The van der Waals surface area contributed by atoms with E-state index in [1.807, 2.05) is 19.1 Å². The van der Waals surface area contributed by atoms with E-state index in [0.717, 1.165) is 25.3 Å². The second-order valence-electron chi connectivity index (χ2n) is 4.88. The van der Waals surface area contributed by atoms with E-state index in [1.54, 1.807) is 6.07 Å². The minimum Gasteiger partial charge on any atom is -0.504 e. The summed E-state index contributed by atoms with van der Waals surface area (Å²) < 4.78 is 10.8. The zero-order valence-corrected chi connectivity index (χ0v) is 12.1. The first-order valence-electron chi connectivity index (χ1n) is 6.86. The van der Waals surface area contributed by atoms with Gasteiger partial charge in [-0.05, 0) is 30.5 Å². The van der Waals surface area contributed by atoms with Crippen LogP contribution in [0.4, 0.5) is 0 Å². The van der Waals surface area contributed by atoms with Crippen molar-refractivity contribution < 1.29 is 14.6 Å². The minimum atomic E-state index is 0.186. The number of phenols is 1. The van der Waals surface area contributed by atoms with Gasteiger partial charge in [-0.3, -0.25) is 0 Å². The molecule has 0 aliphatic carbocycles. The van der Waals surface area contributed by atoms with Crippen LogP contribution >= 0.6 is 0 Å². The molecule has 0 radical (unpaired) electrons. The molecule has 1 aromatic carbocycles. The van der Waals surface area contributed by atoms with Crippen molar-refractivity contribution >= 4 is 0 Å². The van der Waals surface area contributed by atoms with Crippen LogP contribution in [0, 0.1) is 5.92 Å². The maximum Gasteiger partial charge on any atom is 0.161 e. The predicted octanol–water partition coefficient (Wildman–Crippen LogP) is 2.55. The van der Waals surface area contributed by atoms with Gasteiger partial charge >= 0.3 is 0 Å². The zero-order chi connectivity index (χ0) is 14.1. The molecule has 0 aliphatic heterocycles. The summed E-state index contributed by atoms with van der Waals surface area (Å²) >= 11 is 0. The van der Waals surface area contributed by atoms with Crippen LogP contribution < -0.4 is 10.1 Å². The topological polar surface area (TPSA) is 50.7 Å². The van der Waals surface area contributed by atoms with Gasteiger partial charge in [0.1, 0.15) is 0 Å². The van der Waals surface area contributed by atoms with Gasteiger partial charge in [0, 0.05) is 19.7 Å². The average molecular weight is 267 g/mol. The second-order valence-corrected chi connectivity index (χ2v) is 4.88. The molecule has 0 bridgehead atoms. The summed E-state index contributed by atoms with van der Waals surface area (Å²) in [5.74, 6) is 1.30. The Bertz CT molecular complexity index is 366. The van der Waals surface area contributed by atoms with Gasteiger partial charge in [-0.1, -0.05) is 19.9 Å². The smallest absolute Gasteiger partial charge is 0.161 e. The van der Waals surface area contributed by atoms with E-state index in [0.29, 0.717) is 24.9 Å². The van der Waals surface area contributed by atoms with E-state index >= 15 is 0 Å². The fourth-order valence-electron chi connectivity index (χ4n) is 1.64. The van der Waals surface area contributed by atoms with Crippen molar-refractivity contribution in [3.63, 3.8) is 0 Å². The fourth-order valence-corrected chi connectivity index (χ4v) is 1.64. The van der Waals surface area contributed by atoms with E-state index in [4.69, 9.17) is 9.47 Å². The van der Waals surface area contributed by atoms with Crippen molar-refractivity contribution in [2.75, 3.05) is 26.4 Å². The lowest BCUT2D eigenvalue weighted by Crippen LogP contribution is -2.20. The van der Waals surface area contributed by atoms with Gasteiger partial charge < -0.3 is 19.9 Å². The molecule has 0 atom stereocenters. The fraction of sp³-hybridized carbons (Fsp3) is 0.600. The Balaban J connectivity index is 2.27. The third-order valence-electron chi connectivity index (χ3n) is 2.53. The SMILES string of the molecule is CCOc1cc(CNCCOCC(C)C)ccc1O. The summed E-state index contributed by atoms with van der Waals surface area (Å²) in [7, 11) is 0. The lowest BCUT2D eigenvalue weighted by atomic mass is 10.2. The van der Waals surface area contributed by atoms with Gasteiger partial charge in [0.2, 0.25) is 0 Å². The molecule has 1 rings (SSSR count). The normalized spacial score (nSPS) is 10.9. The van der Waals surface area contributed by atoms with E-state index in [1.165, 1.54) is 0 Å².